The monoisotopic (exact) mass is 161 g/mol. The third-order valence-corrected chi connectivity index (χ3v) is 1.82. The number of hydrogen-bond donors (Lipinski definition) is 0. The van der Waals surface area contributed by atoms with Crippen LogP contribution in [0, 0.1) is 6.54 Å². The molecule has 0 saturated heterocycles. The molecule has 0 N–H and O–H groups in total. The molecule has 0 unspecified atom stereocenters. The fourth-order valence-corrected chi connectivity index (χ4v) is 1.08. The predicted octanol–water partition coefficient (Wildman–Crippen LogP) is 2.42. The highest BCUT2D eigenvalue weighted by Crippen LogP contribution is 2.05. The fraction of sp³-hybridized carbons (Fsp3) is 0.364. The summed E-state index contributed by atoms with van der Waals surface area (Å²) in [6, 6.07) is 10.2. The summed E-state index contributed by atoms with van der Waals surface area (Å²) in [5.74, 6) is 0. The van der Waals surface area contributed by atoms with E-state index < -0.39 is 0 Å². The van der Waals surface area contributed by atoms with Crippen molar-refractivity contribution in [3.63, 3.8) is 0 Å². The van der Waals surface area contributed by atoms with Gasteiger partial charge in [-0.1, -0.05) is 44.2 Å². The zero-order chi connectivity index (χ0) is 8.81. The van der Waals surface area contributed by atoms with E-state index in [0.717, 1.165) is 18.7 Å². The molecule has 1 heteroatoms. The average Bonchev–Trinajstić information content (AvgIpc) is 2.16. The molecule has 0 amide bonds. The van der Waals surface area contributed by atoms with E-state index >= 15 is 0 Å². The van der Waals surface area contributed by atoms with Crippen LogP contribution in [0.5, 0.6) is 0 Å². The number of rotatable bonds is 4. The zero-order valence-corrected chi connectivity index (χ0v) is 7.75. The molecule has 64 valence electrons. The van der Waals surface area contributed by atoms with Gasteiger partial charge in [-0.2, -0.15) is 0 Å². The largest absolute Gasteiger partial charge is 0.290 e. The first-order chi connectivity index (χ1) is 5.86. The molecule has 12 heavy (non-hydrogen) atoms. The molecule has 0 heterocycles. The predicted molar refractivity (Wildman–Crippen MR) is 51.7 cm³/mol. The second-order valence-corrected chi connectivity index (χ2v) is 2.65. The van der Waals surface area contributed by atoms with E-state index in [1.54, 1.807) is 0 Å². The molecular formula is C11H15N. The lowest BCUT2D eigenvalue weighted by Crippen LogP contribution is -2.19. The van der Waals surface area contributed by atoms with Crippen LogP contribution < -0.4 is 0 Å². The Labute approximate surface area is 75.0 Å². The Morgan fingerprint density at radius 2 is 1.67 bits per heavy atom. The minimum Gasteiger partial charge on any atom is -0.290 e. The van der Waals surface area contributed by atoms with Gasteiger partial charge in [0.05, 0.1) is 6.54 Å². The number of benzene rings is 1. The SMILES string of the molecule is CCN([C]c1ccccc1)CC. The molecule has 1 rings (SSSR count). The Bertz CT molecular complexity index is 202. The maximum Gasteiger partial charge on any atom is 0.0962 e. The van der Waals surface area contributed by atoms with Crippen LogP contribution in [0.2, 0.25) is 0 Å². The minimum atomic E-state index is 1.02. The van der Waals surface area contributed by atoms with Crippen molar-refractivity contribution in [2.24, 2.45) is 0 Å². The molecule has 0 aliphatic rings. The summed E-state index contributed by atoms with van der Waals surface area (Å²) >= 11 is 0. The van der Waals surface area contributed by atoms with Crippen molar-refractivity contribution in [1.29, 1.82) is 0 Å². The third kappa shape index (κ3) is 2.67. The first-order valence-electron chi connectivity index (χ1n) is 4.43. The van der Waals surface area contributed by atoms with Crippen LogP contribution in [0.1, 0.15) is 19.4 Å². The van der Waals surface area contributed by atoms with Crippen molar-refractivity contribution in [1.82, 2.24) is 4.90 Å². The first-order valence-corrected chi connectivity index (χ1v) is 4.43. The Hall–Kier alpha value is -0.820. The summed E-state index contributed by atoms with van der Waals surface area (Å²) in [7, 11) is 0. The van der Waals surface area contributed by atoms with Gasteiger partial charge in [-0.05, 0) is 18.7 Å². The van der Waals surface area contributed by atoms with Crippen molar-refractivity contribution in [2.45, 2.75) is 13.8 Å². The van der Waals surface area contributed by atoms with Gasteiger partial charge in [0.2, 0.25) is 0 Å². The molecule has 1 nitrogen and oxygen atoms in total. The summed E-state index contributed by atoms with van der Waals surface area (Å²) in [6.45, 7) is 9.63. The van der Waals surface area contributed by atoms with E-state index in [1.807, 2.05) is 18.2 Å². The summed E-state index contributed by atoms with van der Waals surface area (Å²) in [5, 5.41) is 0. The van der Waals surface area contributed by atoms with Crippen LogP contribution >= 0.6 is 0 Å². The second-order valence-electron chi connectivity index (χ2n) is 2.65. The highest BCUT2D eigenvalue weighted by atomic mass is 15.1. The van der Waals surface area contributed by atoms with Gasteiger partial charge in [0.1, 0.15) is 0 Å². The normalized spacial score (nSPS) is 10.6. The number of hydrogen-bond acceptors (Lipinski definition) is 1. The van der Waals surface area contributed by atoms with Gasteiger partial charge in [-0.3, -0.25) is 4.90 Å². The minimum absolute atomic E-state index is 1.02. The van der Waals surface area contributed by atoms with E-state index in [9.17, 15) is 0 Å². The second kappa shape index (κ2) is 4.94. The molecule has 0 aliphatic heterocycles. The zero-order valence-electron chi connectivity index (χ0n) is 7.75. The van der Waals surface area contributed by atoms with Gasteiger partial charge in [0.25, 0.3) is 0 Å². The van der Waals surface area contributed by atoms with Crippen molar-refractivity contribution in [3.8, 4) is 0 Å². The average molecular weight is 161 g/mol. The molecule has 0 saturated carbocycles. The highest BCUT2D eigenvalue weighted by molar-refractivity contribution is 5.21. The van der Waals surface area contributed by atoms with Crippen molar-refractivity contribution >= 4 is 0 Å². The standard InChI is InChI=1S/C11H15N/c1-3-12(4-2)10-11-8-6-5-7-9-11/h5-9H,3-4H2,1-2H3. The van der Waals surface area contributed by atoms with Crippen LogP contribution in [0.4, 0.5) is 0 Å². The lowest BCUT2D eigenvalue weighted by Gasteiger charge is -2.15. The molecule has 0 atom stereocenters. The maximum absolute atomic E-state index is 3.31. The first kappa shape index (κ1) is 9.27. The molecule has 0 aromatic heterocycles. The molecule has 2 radical (unpaired) electrons. The fourth-order valence-electron chi connectivity index (χ4n) is 1.08. The van der Waals surface area contributed by atoms with Crippen molar-refractivity contribution in [2.75, 3.05) is 13.1 Å². The van der Waals surface area contributed by atoms with Crippen LogP contribution in [0.15, 0.2) is 30.3 Å². The lowest BCUT2D eigenvalue weighted by atomic mass is 10.2. The smallest absolute Gasteiger partial charge is 0.0962 e. The van der Waals surface area contributed by atoms with E-state index in [2.05, 4.69) is 37.4 Å². The molecule has 0 spiro atoms. The molecule has 0 bridgehead atoms. The Morgan fingerprint density at radius 1 is 1.08 bits per heavy atom. The third-order valence-electron chi connectivity index (χ3n) is 1.82. The molecular weight excluding hydrogens is 146 g/mol. The van der Waals surface area contributed by atoms with Gasteiger partial charge < -0.3 is 0 Å². The van der Waals surface area contributed by atoms with E-state index in [0.29, 0.717) is 0 Å². The van der Waals surface area contributed by atoms with Gasteiger partial charge in [-0.15, -0.1) is 0 Å². The summed E-state index contributed by atoms with van der Waals surface area (Å²) in [4.78, 5) is 2.16. The topological polar surface area (TPSA) is 3.24 Å². The summed E-state index contributed by atoms with van der Waals surface area (Å²) < 4.78 is 0. The lowest BCUT2D eigenvalue weighted by molar-refractivity contribution is 0.384. The van der Waals surface area contributed by atoms with E-state index in [4.69, 9.17) is 0 Å². The molecule has 1 aromatic rings. The molecule has 0 fully saturated rings. The van der Waals surface area contributed by atoms with Gasteiger partial charge in [0.15, 0.2) is 0 Å². The Kier molecular flexibility index (Phi) is 3.81. The van der Waals surface area contributed by atoms with Crippen LogP contribution in [0.3, 0.4) is 0 Å². The highest BCUT2D eigenvalue weighted by Gasteiger charge is 2.00. The van der Waals surface area contributed by atoms with Crippen LogP contribution in [-0.2, 0) is 0 Å². The Morgan fingerprint density at radius 3 is 2.17 bits per heavy atom. The summed E-state index contributed by atoms with van der Waals surface area (Å²) in [6.07, 6.45) is 0. The number of nitrogens with zero attached hydrogens (tertiary/aromatic N) is 1. The van der Waals surface area contributed by atoms with Crippen molar-refractivity contribution in [3.05, 3.63) is 42.4 Å². The van der Waals surface area contributed by atoms with Gasteiger partial charge in [-0.25, -0.2) is 0 Å². The molecule has 1 aromatic carbocycles. The molecule has 0 aliphatic carbocycles. The van der Waals surface area contributed by atoms with E-state index in [-0.39, 0.29) is 0 Å². The Balaban J connectivity index is 2.51. The van der Waals surface area contributed by atoms with E-state index in [1.165, 1.54) is 0 Å². The summed E-state index contributed by atoms with van der Waals surface area (Å²) in [5.41, 5.74) is 1.15. The van der Waals surface area contributed by atoms with Gasteiger partial charge in [0, 0.05) is 0 Å². The van der Waals surface area contributed by atoms with Crippen molar-refractivity contribution < 1.29 is 0 Å². The quantitative estimate of drug-likeness (QED) is 0.613. The van der Waals surface area contributed by atoms with Crippen LogP contribution in [-0.4, -0.2) is 18.0 Å². The van der Waals surface area contributed by atoms with Gasteiger partial charge >= 0.3 is 0 Å². The maximum atomic E-state index is 3.31. The van der Waals surface area contributed by atoms with Crippen LogP contribution in [0.25, 0.3) is 0 Å².